The zero-order valence-electron chi connectivity index (χ0n) is 8.37. The Morgan fingerprint density at radius 3 is 2.87 bits per heavy atom. The number of alkyl halides is 1. The second-order valence-electron chi connectivity index (χ2n) is 3.86. The van der Waals surface area contributed by atoms with Crippen molar-refractivity contribution in [1.82, 2.24) is 10.6 Å². The molecule has 88 valence electrons. The summed E-state index contributed by atoms with van der Waals surface area (Å²) in [4.78, 5) is 11.6. The first kappa shape index (κ1) is 12.7. The van der Waals surface area contributed by atoms with Crippen molar-refractivity contribution in [2.24, 2.45) is 0 Å². The van der Waals surface area contributed by atoms with Crippen LogP contribution in [0, 0.1) is 0 Å². The number of hydrogen-bond donors (Lipinski definition) is 2. The zero-order valence-corrected chi connectivity index (χ0v) is 9.19. The van der Waals surface area contributed by atoms with Gasteiger partial charge in [-0.15, -0.1) is 12.4 Å². The third-order valence-corrected chi connectivity index (χ3v) is 2.67. The highest BCUT2D eigenvalue weighted by molar-refractivity contribution is 5.85. The van der Waals surface area contributed by atoms with E-state index in [0.29, 0.717) is 26.2 Å². The number of hydrogen-bond acceptors (Lipinski definition) is 3. The molecule has 15 heavy (non-hydrogen) atoms. The highest BCUT2D eigenvalue weighted by atomic mass is 35.5. The van der Waals surface area contributed by atoms with Crippen LogP contribution in [-0.4, -0.2) is 43.9 Å². The third-order valence-electron chi connectivity index (χ3n) is 2.67. The van der Waals surface area contributed by atoms with Crippen LogP contribution in [0.4, 0.5) is 4.39 Å². The molecule has 0 aromatic heterocycles. The van der Waals surface area contributed by atoms with E-state index in [0.717, 1.165) is 6.42 Å². The van der Waals surface area contributed by atoms with Gasteiger partial charge >= 0.3 is 0 Å². The van der Waals surface area contributed by atoms with Gasteiger partial charge in [-0.25, -0.2) is 4.39 Å². The van der Waals surface area contributed by atoms with E-state index in [9.17, 15) is 9.18 Å². The van der Waals surface area contributed by atoms with E-state index in [4.69, 9.17) is 4.74 Å². The molecule has 4 nitrogen and oxygen atoms in total. The van der Waals surface area contributed by atoms with Crippen molar-refractivity contribution in [3.8, 4) is 0 Å². The van der Waals surface area contributed by atoms with Crippen molar-refractivity contribution in [2.45, 2.75) is 31.1 Å². The highest BCUT2D eigenvalue weighted by Gasteiger charge is 2.30. The SMILES string of the molecule is Cl.O=C(NC1CCOC1)[C@H]1C[C@H](F)CN1. The average Bonchev–Trinajstić information content (AvgIpc) is 2.75. The molecule has 0 spiro atoms. The second kappa shape index (κ2) is 5.63. The van der Waals surface area contributed by atoms with Gasteiger partial charge in [0.1, 0.15) is 6.17 Å². The fourth-order valence-corrected chi connectivity index (χ4v) is 1.84. The van der Waals surface area contributed by atoms with Crippen molar-refractivity contribution in [1.29, 1.82) is 0 Å². The van der Waals surface area contributed by atoms with E-state index in [1.807, 2.05) is 0 Å². The monoisotopic (exact) mass is 238 g/mol. The molecule has 2 aliphatic rings. The molecule has 0 aliphatic carbocycles. The Balaban J connectivity index is 0.00000112. The fraction of sp³-hybridized carbons (Fsp3) is 0.889. The van der Waals surface area contributed by atoms with E-state index in [1.54, 1.807) is 0 Å². The molecule has 0 saturated carbocycles. The molecular formula is C9H16ClFN2O2. The molecule has 1 amide bonds. The van der Waals surface area contributed by atoms with Crippen LogP contribution in [0.15, 0.2) is 0 Å². The van der Waals surface area contributed by atoms with E-state index < -0.39 is 6.17 Å². The number of nitrogens with one attached hydrogen (secondary N) is 2. The number of halogens is 2. The molecule has 0 aromatic rings. The second-order valence-corrected chi connectivity index (χ2v) is 3.86. The molecule has 0 aromatic carbocycles. The quantitative estimate of drug-likeness (QED) is 0.713. The summed E-state index contributed by atoms with van der Waals surface area (Å²) in [6, 6.07) is -0.242. The molecule has 2 N–H and O–H groups in total. The van der Waals surface area contributed by atoms with E-state index in [2.05, 4.69) is 10.6 Å². The smallest absolute Gasteiger partial charge is 0.237 e. The van der Waals surface area contributed by atoms with Gasteiger partial charge in [0, 0.05) is 19.6 Å². The first-order chi connectivity index (χ1) is 6.75. The Bertz CT molecular complexity index is 224. The molecule has 0 radical (unpaired) electrons. The van der Waals surface area contributed by atoms with Gasteiger partial charge in [0.2, 0.25) is 5.91 Å². The van der Waals surface area contributed by atoms with Crippen molar-refractivity contribution in [2.75, 3.05) is 19.8 Å². The molecule has 2 saturated heterocycles. The highest BCUT2D eigenvalue weighted by Crippen LogP contribution is 2.11. The van der Waals surface area contributed by atoms with Gasteiger partial charge < -0.3 is 15.4 Å². The first-order valence-electron chi connectivity index (χ1n) is 5.01. The molecule has 2 aliphatic heterocycles. The lowest BCUT2D eigenvalue weighted by Gasteiger charge is -2.14. The Labute approximate surface area is 94.3 Å². The number of carbonyl (C=O) groups is 1. The molecule has 6 heteroatoms. The summed E-state index contributed by atoms with van der Waals surface area (Å²) in [5, 5.41) is 5.70. The predicted molar refractivity (Wildman–Crippen MR) is 55.9 cm³/mol. The first-order valence-corrected chi connectivity index (χ1v) is 5.01. The van der Waals surface area contributed by atoms with Crippen LogP contribution in [0.25, 0.3) is 0 Å². The normalized spacial score (nSPS) is 34.9. The largest absolute Gasteiger partial charge is 0.379 e. The molecule has 2 heterocycles. The maximum Gasteiger partial charge on any atom is 0.237 e. The van der Waals surface area contributed by atoms with Crippen LogP contribution < -0.4 is 10.6 Å². The minimum absolute atomic E-state index is 0. The summed E-state index contributed by atoms with van der Waals surface area (Å²) in [7, 11) is 0. The summed E-state index contributed by atoms with van der Waals surface area (Å²) < 4.78 is 17.9. The maximum absolute atomic E-state index is 12.8. The maximum atomic E-state index is 12.8. The molecule has 2 rings (SSSR count). The summed E-state index contributed by atoms with van der Waals surface area (Å²) >= 11 is 0. The molecule has 1 unspecified atom stereocenters. The predicted octanol–water partition coefficient (Wildman–Crippen LogP) is 0.0133. The lowest BCUT2D eigenvalue weighted by Crippen LogP contribution is -2.45. The Hall–Kier alpha value is -0.390. The van der Waals surface area contributed by atoms with Gasteiger partial charge in [0.15, 0.2) is 0 Å². The minimum atomic E-state index is -0.884. The summed E-state index contributed by atoms with van der Waals surface area (Å²) in [5.74, 6) is -0.0966. The average molecular weight is 239 g/mol. The van der Waals surface area contributed by atoms with Crippen LogP contribution in [0.2, 0.25) is 0 Å². The van der Waals surface area contributed by atoms with E-state index >= 15 is 0 Å². The summed E-state index contributed by atoms with van der Waals surface area (Å²) in [6.45, 7) is 1.57. The lowest BCUT2D eigenvalue weighted by molar-refractivity contribution is -0.123. The number of rotatable bonds is 2. The molecular weight excluding hydrogens is 223 g/mol. The Morgan fingerprint density at radius 1 is 1.53 bits per heavy atom. The van der Waals surface area contributed by atoms with Crippen LogP contribution in [0.5, 0.6) is 0 Å². The van der Waals surface area contributed by atoms with Crippen molar-refractivity contribution >= 4 is 18.3 Å². The molecule has 2 fully saturated rings. The third kappa shape index (κ3) is 3.29. The van der Waals surface area contributed by atoms with Crippen LogP contribution in [0.3, 0.4) is 0 Å². The zero-order chi connectivity index (χ0) is 9.97. The van der Waals surface area contributed by atoms with E-state index in [-0.39, 0.29) is 30.4 Å². The summed E-state index contributed by atoms with van der Waals surface area (Å²) in [5.41, 5.74) is 0. The van der Waals surface area contributed by atoms with Gasteiger partial charge in [-0.05, 0) is 6.42 Å². The lowest BCUT2D eigenvalue weighted by atomic mass is 10.2. The fourth-order valence-electron chi connectivity index (χ4n) is 1.84. The van der Waals surface area contributed by atoms with Gasteiger partial charge in [0.25, 0.3) is 0 Å². The van der Waals surface area contributed by atoms with Gasteiger partial charge in [-0.3, -0.25) is 4.79 Å². The van der Waals surface area contributed by atoms with Crippen LogP contribution in [-0.2, 0) is 9.53 Å². The van der Waals surface area contributed by atoms with E-state index in [1.165, 1.54) is 0 Å². The van der Waals surface area contributed by atoms with Crippen LogP contribution >= 0.6 is 12.4 Å². The summed E-state index contributed by atoms with van der Waals surface area (Å²) in [6.07, 6.45) is 0.266. The number of amides is 1. The van der Waals surface area contributed by atoms with Gasteiger partial charge in [-0.2, -0.15) is 0 Å². The van der Waals surface area contributed by atoms with Crippen molar-refractivity contribution in [3.05, 3.63) is 0 Å². The minimum Gasteiger partial charge on any atom is -0.379 e. The molecule has 3 atom stereocenters. The van der Waals surface area contributed by atoms with Crippen molar-refractivity contribution < 1.29 is 13.9 Å². The van der Waals surface area contributed by atoms with Gasteiger partial charge in [0.05, 0.1) is 18.7 Å². The Morgan fingerprint density at radius 2 is 2.33 bits per heavy atom. The van der Waals surface area contributed by atoms with Crippen LogP contribution in [0.1, 0.15) is 12.8 Å². The number of carbonyl (C=O) groups excluding carboxylic acids is 1. The van der Waals surface area contributed by atoms with Crippen molar-refractivity contribution in [3.63, 3.8) is 0 Å². The number of ether oxygens (including phenoxy) is 1. The molecule has 0 bridgehead atoms. The standard InChI is InChI=1S/C9H15FN2O2.ClH/c10-6-3-8(11-4-6)9(13)12-7-1-2-14-5-7;/h6-8,11H,1-5H2,(H,12,13);1H/t6-,7?,8+;/m0./s1. The van der Waals surface area contributed by atoms with Gasteiger partial charge in [-0.1, -0.05) is 0 Å². The topological polar surface area (TPSA) is 50.4 Å². The Kier molecular flexibility index (Phi) is 4.76.